The molecule has 2 N–H and O–H groups in total. The van der Waals surface area contributed by atoms with Crippen molar-refractivity contribution in [1.82, 2.24) is 9.88 Å². The zero-order valence-corrected chi connectivity index (χ0v) is 14.1. The predicted molar refractivity (Wildman–Crippen MR) is 88.2 cm³/mol. The van der Waals surface area contributed by atoms with Crippen LogP contribution < -0.4 is 10.6 Å². The Balaban J connectivity index is 1.77. The molecule has 1 fully saturated rings. The Labute approximate surface area is 134 Å². The van der Waals surface area contributed by atoms with Gasteiger partial charge >= 0.3 is 0 Å². The normalized spacial score (nSPS) is 16.9. The van der Waals surface area contributed by atoms with Crippen LogP contribution in [0.25, 0.3) is 0 Å². The minimum atomic E-state index is 0.179. The maximum absolute atomic E-state index is 12.1. The fourth-order valence-electron chi connectivity index (χ4n) is 2.47. The number of halogens is 1. The lowest BCUT2D eigenvalue weighted by Crippen LogP contribution is -2.49. The summed E-state index contributed by atoms with van der Waals surface area (Å²) in [5.41, 5.74) is 5.71. The van der Waals surface area contributed by atoms with E-state index in [2.05, 4.69) is 25.8 Å². The first-order valence-electron chi connectivity index (χ1n) is 7.46. The van der Waals surface area contributed by atoms with E-state index < -0.39 is 0 Å². The second-order valence-electron chi connectivity index (χ2n) is 5.57. The van der Waals surface area contributed by atoms with Crippen LogP contribution in [0.1, 0.15) is 26.2 Å². The van der Waals surface area contributed by atoms with Crippen molar-refractivity contribution in [2.75, 3.05) is 31.1 Å². The lowest BCUT2D eigenvalue weighted by molar-refractivity contribution is -0.131. The zero-order chi connectivity index (χ0) is 15.2. The van der Waals surface area contributed by atoms with Crippen molar-refractivity contribution in [3.63, 3.8) is 0 Å². The maximum atomic E-state index is 12.1. The van der Waals surface area contributed by atoms with E-state index in [1.165, 1.54) is 0 Å². The summed E-state index contributed by atoms with van der Waals surface area (Å²) < 4.78 is 0.981. The molecule has 6 heteroatoms. The molecule has 1 aliphatic heterocycles. The van der Waals surface area contributed by atoms with E-state index in [9.17, 15) is 4.79 Å². The van der Waals surface area contributed by atoms with Crippen molar-refractivity contribution in [2.24, 2.45) is 5.73 Å². The Bertz CT molecular complexity index is 455. The molecule has 1 aromatic rings. The van der Waals surface area contributed by atoms with Gasteiger partial charge in [-0.15, -0.1) is 0 Å². The number of rotatable bonds is 5. The summed E-state index contributed by atoms with van der Waals surface area (Å²) in [5, 5.41) is 0. The van der Waals surface area contributed by atoms with Gasteiger partial charge in [-0.3, -0.25) is 4.79 Å². The molecular weight excluding hydrogens is 332 g/mol. The van der Waals surface area contributed by atoms with E-state index >= 15 is 0 Å². The number of anilines is 1. The van der Waals surface area contributed by atoms with Crippen molar-refractivity contribution < 1.29 is 4.79 Å². The molecule has 0 radical (unpaired) electrons. The molecule has 0 aromatic carbocycles. The lowest BCUT2D eigenvalue weighted by Gasteiger charge is -2.35. The molecule has 116 valence electrons. The highest BCUT2D eigenvalue weighted by Crippen LogP contribution is 2.17. The smallest absolute Gasteiger partial charge is 0.222 e. The predicted octanol–water partition coefficient (Wildman–Crippen LogP) is 2.01. The molecule has 0 saturated carbocycles. The van der Waals surface area contributed by atoms with Gasteiger partial charge in [-0.05, 0) is 47.8 Å². The largest absolute Gasteiger partial charge is 0.353 e. The van der Waals surface area contributed by atoms with Gasteiger partial charge in [0.2, 0.25) is 5.91 Å². The monoisotopic (exact) mass is 354 g/mol. The SMILES string of the molecule is CC(N)CCCC(=O)N1CCN(c2ccc(Br)cn2)CC1. The molecule has 1 aliphatic rings. The number of aromatic nitrogens is 1. The van der Waals surface area contributed by atoms with Crippen molar-refractivity contribution in [2.45, 2.75) is 32.2 Å². The highest BCUT2D eigenvalue weighted by Gasteiger charge is 2.21. The summed E-state index contributed by atoms with van der Waals surface area (Å²) in [6, 6.07) is 4.18. The number of hydrogen-bond acceptors (Lipinski definition) is 4. The minimum Gasteiger partial charge on any atom is -0.353 e. The lowest BCUT2D eigenvalue weighted by atomic mass is 10.1. The summed E-state index contributed by atoms with van der Waals surface area (Å²) in [6.45, 7) is 5.21. The highest BCUT2D eigenvalue weighted by molar-refractivity contribution is 9.10. The van der Waals surface area contributed by atoms with Gasteiger partial charge in [0, 0.05) is 49.3 Å². The van der Waals surface area contributed by atoms with Crippen molar-refractivity contribution in [3.05, 3.63) is 22.8 Å². The summed E-state index contributed by atoms with van der Waals surface area (Å²) in [4.78, 5) is 20.7. The summed E-state index contributed by atoms with van der Waals surface area (Å²) in [5.74, 6) is 1.22. The molecule has 5 nitrogen and oxygen atoms in total. The van der Waals surface area contributed by atoms with E-state index in [1.807, 2.05) is 24.0 Å². The average Bonchev–Trinajstić information content (AvgIpc) is 2.48. The molecule has 1 aromatic heterocycles. The summed E-state index contributed by atoms with van der Waals surface area (Å²) >= 11 is 3.39. The van der Waals surface area contributed by atoms with Gasteiger partial charge in [-0.25, -0.2) is 4.98 Å². The number of carbonyl (C=O) groups excluding carboxylic acids is 1. The van der Waals surface area contributed by atoms with Crippen molar-refractivity contribution in [3.8, 4) is 0 Å². The van der Waals surface area contributed by atoms with Crippen LogP contribution in [0.2, 0.25) is 0 Å². The quantitative estimate of drug-likeness (QED) is 0.878. The number of pyridine rings is 1. The highest BCUT2D eigenvalue weighted by atomic mass is 79.9. The third kappa shape index (κ3) is 4.97. The Morgan fingerprint density at radius 1 is 1.38 bits per heavy atom. The Morgan fingerprint density at radius 3 is 2.67 bits per heavy atom. The van der Waals surface area contributed by atoms with Crippen molar-refractivity contribution >= 4 is 27.7 Å². The molecule has 1 saturated heterocycles. The molecule has 1 atom stereocenters. The van der Waals surface area contributed by atoms with Gasteiger partial charge < -0.3 is 15.5 Å². The maximum Gasteiger partial charge on any atom is 0.222 e. The number of carbonyl (C=O) groups is 1. The van der Waals surface area contributed by atoms with Gasteiger partial charge in [-0.2, -0.15) is 0 Å². The van der Waals surface area contributed by atoms with Crippen LogP contribution in [0.4, 0.5) is 5.82 Å². The molecule has 2 rings (SSSR count). The molecule has 21 heavy (non-hydrogen) atoms. The minimum absolute atomic E-state index is 0.179. The zero-order valence-electron chi connectivity index (χ0n) is 12.5. The number of hydrogen-bond donors (Lipinski definition) is 1. The summed E-state index contributed by atoms with van der Waals surface area (Å²) in [6.07, 6.45) is 4.21. The van der Waals surface area contributed by atoms with Gasteiger partial charge in [0.25, 0.3) is 0 Å². The van der Waals surface area contributed by atoms with Crippen LogP contribution in [0.5, 0.6) is 0 Å². The summed E-state index contributed by atoms with van der Waals surface area (Å²) in [7, 11) is 0. The van der Waals surface area contributed by atoms with Gasteiger partial charge in [0.05, 0.1) is 0 Å². The first kappa shape index (κ1) is 16.2. The third-order valence-corrected chi connectivity index (χ3v) is 4.19. The number of nitrogens with zero attached hydrogens (tertiary/aromatic N) is 3. The van der Waals surface area contributed by atoms with E-state index in [0.29, 0.717) is 6.42 Å². The number of piperazine rings is 1. The first-order valence-corrected chi connectivity index (χ1v) is 8.25. The fourth-order valence-corrected chi connectivity index (χ4v) is 2.71. The Hall–Kier alpha value is -1.14. The second-order valence-corrected chi connectivity index (χ2v) is 6.49. The molecule has 0 bridgehead atoms. The molecular formula is C15H23BrN4O. The molecule has 2 heterocycles. The van der Waals surface area contributed by atoms with Crippen molar-refractivity contribution in [1.29, 1.82) is 0 Å². The van der Waals surface area contributed by atoms with E-state index in [0.717, 1.165) is 49.3 Å². The third-order valence-electron chi connectivity index (χ3n) is 3.72. The van der Waals surface area contributed by atoms with E-state index in [1.54, 1.807) is 6.20 Å². The van der Waals surface area contributed by atoms with E-state index in [-0.39, 0.29) is 11.9 Å². The number of amides is 1. The second kappa shape index (κ2) is 7.75. The van der Waals surface area contributed by atoms with Crippen LogP contribution in [-0.2, 0) is 4.79 Å². The molecule has 1 unspecified atom stereocenters. The average molecular weight is 355 g/mol. The van der Waals surface area contributed by atoms with Crippen LogP contribution >= 0.6 is 15.9 Å². The fraction of sp³-hybridized carbons (Fsp3) is 0.600. The molecule has 0 spiro atoms. The molecule has 1 amide bonds. The van der Waals surface area contributed by atoms with Crippen LogP contribution in [0.15, 0.2) is 22.8 Å². The first-order chi connectivity index (χ1) is 10.1. The van der Waals surface area contributed by atoms with Crippen LogP contribution in [-0.4, -0.2) is 48.0 Å². The number of nitrogens with two attached hydrogens (primary N) is 1. The molecule has 0 aliphatic carbocycles. The Morgan fingerprint density at radius 2 is 2.10 bits per heavy atom. The van der Waals surface area contributed by atoms with Crippen LogP contribution in [0, 0.1) is 0 Å². The topological polar surface area (TPSA) is 62.5 Å². The van der Waals surface area contributed by atoms with Gasteiger partial charge in [-0.1, -0.05) is 0 Å². The van der Waals surface area contributed by atoms with Crippen LogP contribution in [0.3, 0.4) is 0 Å². The Kier molecular flexibility index (Phi) is 5.99. The van der Waals surface area contributed by atoms with Gasteiger partial charge in [0.1, 0.15) is 5.82 Å². The van der Waals surface area contributed by atoms with E-state index in [4.69, 9.17) is 5.73 Å². The standard InChI is InChI=1S/C15H23BrN4O/c1-12(17)3-2-4-15(21)20-9-7-19(8-10-20)14-6-5-13(16)11-18-14/h5-6,11-12H,2-4,7-10,17H2,1H3. The van der Waals surface area contributed by atoms with Gasteiger partial charge in [0.15, 0.2) is 0 Å².